The number of amides is 1. The Morgan fingerprint density at radius 3 is 2.74 bits per heavy atom. The summed E-state index contributed by atoms with van der Waals surface area (Å²) in [6.45, 7) is 1.20. The number of ether oxygens (including phenoxy) is 1. The Hall–Kier alpha value is -2.93. The molecule has 180 valence electrons. The van der Waals surface area contributed by atoms with Crippen LogP contribution in [0.1, 0.15) is 12.8 Å². The van der Waals surface area contributed by atoms with Crippen molar-refractivity contribution < 1.29 is 22.9 Å². The van der Waals surface area contributed by atoms with Crippen molar-refractivity contribution in [1.29, 1.82) is 0 Å². The maximum atomic E-state index is 13.1. The van der Waals surface area contributed by atoms with Gasteiger partial charge in [0.2, 0.25) is 10.0 Å². The van der Waals surface area contributed by atoms with Gasteiger partial charge in [-0.25, -0.2) is 8.42 Å². The molecule has 0 aliphatic carbocycles. The molecule has 1 atom stereocenters. The molecule has 0 N–H and O–H groups in total. The van der Waals surface area contributed by atoms with E-state index in [9.17, 15) is 23.3 Å². The van der Waals surface area contributed by atoms with Gasteiger partial charge in [0.15, 0.2) is 4.80 Å². The molecule has 1 unspecified atom stereocenters. The van der Waals surface area contributed by atoms with Crippen molar-refractivity contribution >= 4 is 43.2 Å². The summed E-state index contributed by atoms with van der Waals surface area (Å²) in [6, 6.07) is 12.7. The maximum absolute atomic E-state index is 13.1. The van der Waals surface area contributed by atoms with Crippen LogP contribution < -0.4 is 4.80 Å². The van der Waals surface area contributed by atoms with Crippen LogP contribution in [0, 0.1) is 16.0 Å². The van der Waals surface area contributed by atoms with Gasteiger partial charge in [-0.3, -0.25) is 14.9 Å². The van der Waals surface area contributed by atoms with Crippen LogP contribution in [0.2, 0.25) is 0 Å². The van der Waals surface area contributed by atoms with E-state index in [-0.39, 0.29) is 17.1 Å². The van der Waals surface area contributed by atoms with Crippen LogP contribution in [0.3, 0.4) is 0 Å². The summed E-state index contributed by atoms with van der Waals surface area (Å²) in [7, 11) is -2.14. The van der Waals surface area contributed by atoms with E-state index in [0.29, 0.717) is 42.0 Å². The van der Waals surface area contributed by atoms with E-state index in [1.165, 1.54) is 27.8 Å². The van der Waals surface area contributed by atoms with Crippen molar-refractivity contribution in [3.05, 3.63) is 63.4 Å². The Morgan fingerprint density at radius 1 is 1.26 bits per heavy atom. The number of carbonyl (C=O) groups excluding carboxylic acids is 1. The van der Waals surface area contributed by atoms with Gasteiger partial charge in [0.05, 0.1) is 32.6 Å². The van der Waals surface area contributed by atoms with Crippen molar-refractivity contribution in [2.45, 2.75) is 24.3 Å². The Bertz CT molecular complexity index is 1380. The number of rotatable bonds is 7. The molecule has 2 heterocycles. The van der Waals surface area contributed by atoms with Gasteiger partial charge in [-0.05, 0) is 31.0 Å². The van der Waals surface area contributed by atoms with E-state index in [4.69, 9.17) is 4.74 Å². The monoisotopic (exact) mass is 504 g/mol. The molecule has 1 fully saturated rings. The fourth-order valence-electron chi connectivity index (χ4n) is 3.95. The van der Waals surface area contributed by atoms with Crippen LogP contribution in [0.25, 0.3) is 10.2 Å². The van der Waals surface area contributed by atoms with E-state index >= 15 is 0 Å². The molecule has 0 spiro atoms. The first-order valence-electron chi connectivity index (χ1n) is 10.7. The van der Waals surface area contributed by atoms with Crippen molar-refractivity contribution in [2.24, 2.45) is 10.9 Å². The predicted molar refractivity (Wildman–Crippen MR) is 127 cm³/mol. The molecule has 1 aliphatic heterocycles. The number of nitrogens with zero attached hydrogens (tertiary/aromatic N) is 4. The van der Waals surface area contributed by atoms with Crippen molar-refractivity contribution in [1.82, 2.24) is 8.87 Å². The molecule has 2 aromatic carbocycles. The third kappa shape index (κ3) is 4.94. The number of hydrogen-bond acceptors (Lipinski definition) is 7. The molecule has 3 aromatic rings. The summed E-state index contributed by atoms with van der Waals surface area (Å²) in [5.74, 6) is -0.970. The van der Waals surface area contributed by atoms with Crippen LogP contribution >= 0.6 is 11.3 Å². The molecule has 0 bridgehead atoms. The van der Waals surface area contributed by atoms with Gasteiger partial charge in [-0.2, -0.15) is 9.30 Å². The predicted octanol–water partition coefficient (Wildman–Crippen LogP) is 2.79. The molecule has 0 radical (unpaired) electrons. The van der Waals surface area contributed by atoms with Gasteiger partial charge in [-0.1, -0.05) is 29.5 Å². The number of thiazole rings is 1. The maximum Gasteiger partial charge on any atom is 0.270 e. The summed E-state index contributed by atoms with van der Waals surface area (Å²) in [6.07, 6.45) is 1.10. The van der Waals surface area contributed by atoms with E-state index < -0.39 is 26.8 Å². The summed E-state index contributed by atoms with van der Waals surface area (Å²) < 4.78 is 35.0. The normalized spacial score (nSPS) is 17.8. The lowest BCUT2D eigenvalue weighted by atomic mass is 9.99. The number of aromatic nitrogens is 1. The lowest BCUT2D eigenvalue weighted by Crippen LogP contribution is -2.42. The number of methoxy groups -OCH3 is 1. The number of non-ortho nitro benzene ring substituents is 1. The minimum Gasteiger partial charge on any atom is -0.383 e. The number of carbonyl (C=O) groups is 1. The molecule has 1 amide bonds. The third-order valence-electron chi connectivity index (χ3n) is 5.72. The first kappa shape index (κ1) is 24.2. The number of hydrogen-bond donors (Lipinski definition) is 0. The highest BCUT2D eigenvalue weighted by Gasteiger charge is 2.33. The van der Waals surface area contributed by atoms with Crippen LogP contribution in [-0.2, 0) is 26.1 Å². The molecule has 1 aliphatic rings. The molecule has 1 saturated heterocycles. The minimum absolute atomic E-state index is 0.0421. The first-order chi connectivity index (χ1) is 16.3. The summed E-state index contributed by atoms with van der Waals surface area (Å²) in [4.78, 5) is 28.7. The number of fused-ring (bicyclic) bond motifs is 1. The van der Waals surface area contributed by atoms with E-state index in [1.807, 2.05) is 0 Å². The minimum atomic E-state index is -3.70. The second-order valence-electron chi connectivity index (χ2n) is 7.90. The Kier molecular flexibility index (Phi) is 7.22. The van der Waals surface area contributed by atoms with Crippen molar-refractivity contribution in [2.75, 3.05) is 26.8 Å². The number of benzene rings is 2. The lowest BCUT2D eigenvalue weighted by molar-refractivity contribution is -0.384. The van der Waals surface area contributed by atoms with Gasteiger partial charge in [-0.15, -0.1) is 0 Å². The Labute approximate surface area is 200 Å². The second kappa shape index (κ2) is 10.1. The number of sulfonamides is 1. The topological polar surface area (TPSA) is 124 Å². The molecule has 34 heavy (non-hydrogen) atoms. The van der Waals surface area contributed by atoms with Crippen LogP contribution in [0.4, 0.5) is 5.69 Å². The first-order valence-corrected chi connectivity index (χ1v) is 13.0. The molecular formula is C22H24N4O6S2. The van der Waals surface area contributed by atoms with Gasteiger partial charge >= 0.3 is 0 Å². The fraction of sp³-hybridized carbons (Fsp3) is 0.364. The SMILES string of the molecule is COCCn1c(=NC(=O)C2CCCN(S(=O)(=O)c3ccccc3)C2)sc2cc([N+](=O)[O-])ccc21. The zero-order valence-electron chi connectivity index (χ0n) is 18.5. The zero-order chi connectivity index (χ0) is 24.3. The fourth-order valence-corrected chi connectivity index (χ4v) is 6.59. The van der Waals surface area contributed by atoms with Gasteiger partial charge < -0.3 is 9.30 Å². The lowest BCUT2D eigenvalue weighted by Gasteiger charge is -2.30. The highest BCUT2D eigenvalue weighted by molar-refractivity contribution is 7.89. The van der Waals surface area contributed by atoms with Crippen LogP contribution in [0.15, 0.2) is 58.4 Å². The van der Waals surface area contributed by atoms with E-state index in [1.54, 1.807) is 48.1 Å². The van der Waals surface area contributed by atoms with E-state index in [2.05, 4.69) is 4.99 Å². The van der Waals surface area contributed by atoms with Crippen molar-refractivity contribution in [3.8, 4) is 0 Å². The van der Waals surface area contributed by atoms with Gasteiger partial charge in [0.1, 0.15) is 0 Å². The average Bonchev–Trinajstić information content (AvgIpc) is 3.19. The average molecular weight is 505 g/mol. The number of piperidine rings is 1. The highest BCUT2D eigenvalue weighted by Crippen LogP contribution is 2.26. The summed E-state index contributed by atoms with van der Waals surface area (Å²) >= 11 is 1.19. The number of nitro groups is 1. The smallest absolute Gasteiger partial charge is 0.270 e. The van der Waals surface area contributed by atoms with Crippen LogP contribution in [0.5, 0.6) is 0 Å². The molecule has 4 rings (SSSR count). The van der Waals surface area contributed by atoms with Crippen LogP contribution in [-0.4, -0.2) is 54.9 Å². The molecular weight excluding hydrogens is 480 g/mol. The Morgan fingerprint density at radius 2 is 2.03 bits per heavy atom. The standard InChI is InChI=1S/C22H24N4O6S2/c1-32-13-12-25-19-10-9-17(26(28)29)14-20(19)33-22(25)23-21(27)16-6-5-11-24(15-16)34(30,31)18-7-3-2-4-8-18/h2-4,7-10,14,16H,5-6,11-13,15H2,1H3. The summed E-state index contributed by atoms with van der Waals surface area (Å²) in [5.41, 5.74) is 0.677. The number of nitro benzene ring substituents is 1. The Balaban J connectivity index is 1.65. The van der Waals surface area contributed by atoms with Gasteiger partial charge in [0, 0.05) is 38.9 Å². The summed E-state index contributed by atoms with van der Waals surface area (Å²) in [5, 5.41) is 11.2. The van der Waals surface area contributed by atoms with Gasteiger partial charge in [0.25, 0.3) is 11.6 Å². The third-order valence-corrected chi connectivity index (χ3v) is 8.64. The molecule has 10 nitrogen and oxygen atoms in total. The highest BCUT2D eigenvalue weighted by atomic mass is 32.2. The largest absolute Gasteiger partial charge is 0.383 e. The molecule has 1 aromatic heterocycles. The molecule has 0 saturated carbocycles. The van der Waals surface area contributed by atoms with E-state index in [0.717, 1.165) is 5.52 Å². The van der Waals surface area contributed by atoms with Crippen molar-refractivity contribution in [3.63, 3.8) is 0 Å². The zero-order valence-corrected chi connectivity index (χ0v) is 20.1. The second-order valence-corrected chi connectivity index (χ2v) is 10.9. The quantitative estimate of drug-likeness (QED) is 0.360. The molecule has 12 heteroatoms.